The summed E-state index contributed by atoms with van der Waals surface area (Å²) in [5.41, 5.74) is 7.90. The SMILES string of the molecule is CCS(=O)(=O)CCCOc1ccc([C@@H](C)N)cc1C. The Bertz CT molecular complexity index is 509. The quantitative estimate of drug-likeness (QED) is 0.780. The van der Waals surface area contributed by atoms with E-state index in [2.05, 4.69) is 0 Å². The van der Waals surface area contributed by atoms with Crippen LogP contribution in [-0.4, -0.2) is 26.5 Å². The fourth-order valence-corrected chi connectivity index (χ4v) is 2.57. The van der Waals surface area contributed by atoms with Gasteiger partial charge in [-0.1, -0.05) is 19.1 Å². The minimum Gasteiger partial charge on any atom is -0.493 e. The Morgan fingerprint density at radius 2 is 2.05 bits per heavy atom. The van der Waals surface area contributed by atoms with E-state index < -0.39 is 9.84 Å². The van der Waals surface area contributed by atoms with Crippen molar-refractivity contribution < 1.29 is 13.2 Å². The second-order valence-electron chi connectivity index (χ2n) is 4.75. The van der Waals surface area contributed by atoms with Crippen molar-refractivity contribution in [3.05, 3.63) is 29.3 Å². The summed E-state index contributed by atoms with van der Waals surface area (Å²) in [6, 6.07) is 5.84. The van der Waals surface area contributed by atoms with Crippen LogP contribution in [0.1, 0.15) is 37.4 Å². The van der Waals surface area contributed by atoms with E-state index in [-0.39, 0.29) is 17.5 Å². The third-order valence-corrected chi connectivity index (χ3v) is 4.81. The molecule has 1 aromatic rings. The molecule has 19 heavy (non-hydrogen) atoms. The molecule has 0 fully saturated rings. The molecule has 1 aromatic carbocycles. The number of sulfone groups is 1. The van der Waals surface area contributed by atoms with Crippen molar-refractivity contribution in [2.24, 2.45) is 5.73 Å². The van der Waals surface area contributed by atoms with E-state index in [0.29, 0.717) is 13.0 Å². The average molecular weight is 285 g/mol. The second-order valence-corrected chi connectivity index (χ2v) is 7.22. The molecule has 0 saturated heterocycles. The molecule has 0 unspecified atom stereocenters. The van der Waals surface area contributed by atoms with Gasteiger partial charge in [-0.2, -0.15) is 0 Å². The average Bonchev–Trinajstić information content (AvgIpc) is 2.36. The Labute approximate surface area is 115 Å². The van der Waals surface area contributed by atoms with E-state index in [1.807, 2.05) is 32.0 Å². The molecule has 108 valence electrons. The van der Waals surface area contributed by atoms with Crippen molar-refractivity contribution in [2.45, 2.75) is 33.2 Å². The van der Waals surface area contributed by atoms with E-state index in [0.717, 1.165) is 16.9 Å². The summed E-state index contributed by atoms with van der Waals surface area (Å²) >= 11 is 0. The molecule has 0 radical (unpaired) electrons. The molecule has 4 nitrogen and oxygen atoms in total. The fraction of sp³-hybridized carbons (Fsp3) is 0.571. The molecule has 1 atom stereocenters. The van der Waals surface area contributed by atoms with Gasteiger partial charge in [-0.3, -0.25) is 0 Å². The van der Waals surface area contributed by atoms with E-state index in [9.17, 15) is 8.42 Å². The zero-order valence-corrected chi connectivity index (χ0v) is 12.7. The van der Waals surface area contributed by atoms with Gasteiger partial charge < -0.3 is 10.5 Å². The fourth-order valence-electron chi connectivity index (χ4n) is 1.72. The summed E-state index contributed by atoms with van der Waals surface area (Å²) in [6.45, 7) is 5.97. The molecular weight excluding hydrogens is 262 g/mol. The predicted octanol–water partition coefficient (Wildman–Crippen LogP) is 2.22. The summed E-state index contributed by atoms with van der Waals surface area (Å²) in [4.78, 5) is 0. The van der Waals surface area contributed by atoms with Gasteiger partial charge in [0.15, 0.2) is 0 Å². The highest BCUT2D eigenvalue weighted by Crippen LogP contribution is 2.21. The van der Waals surface area contributed by atoms with Crippen LogP contribution in [0.4, 0.5) is 0 Å². The smallest absolute Gasteiger partial charge is 0.150 e. The Morgan fingerprint density at radius 1 is 1.37 bits per heavy atom. The van der Waals surface area contributed by atoms with Gasteiger partial charge in [-0.25, -0.2) is 8.42 Å². The Hall–Kier alpha value is -1.07. The van der Waals surface area contributed by atoms with Crippen LogP contribution in [0.5, 0.6) is 5.75 Å². The molecule has 0 amide bonds. The molecule has 0 aliphatic heterocycles. The molecule has 0 bridgehead atoms. The first-order valence-electron chi connectivity index (χ1n) is 6.55. The third-order valence-electron chi connectivity index (χ3n) is 3.02. The lowest BCUT2D eigenvalue weighted by molar-refractivity contribution is 0.315. The maximum Gasteiger partial charge on any atom is 0.150 e. The Balaban J connectivity index is 2.50. The van der Waals surface area contributed by atoms with Crippen LogP contribution in [0.2, 0.25) is 0 Å². The van der Waals surface area contributed by atoms with Crippen LogP contribution in [0, 0.1) is 6.92 Å². The molecule has 0 aliphatic carbocycles. The number of nitrogens with two attached hydrogens (primary N) is 1. The van der Waals surface area contributed by atoms with Gasteiger partial charge >= 0.3 is 0 Å². The minimum atomic E-state index is -2.90. The van der Waals surface area contributed by atoms with Crippen molar-refractivity contribution in [3.8, 4) is 5.75 Å². The first-order valence-corrected chi connectivity index (χ1v) is 8.37. The van der Waals surface area contributed by atoms with Crippen molar-refractivity contribution in [1.82, 2.24) is 0 Å². The first kappa shape index (κ1) is 16.0. The van der Waals surface area contributed by atoms with Gasteiger partial charge in [0.05, 0.1) is 12.4 Å². The van der Waals surface area contributed by atoms with Crippen molar-refractivity contribution in [2.75, 3.05) is 18.1 Å². The monoisotopic (exact) mass is 285 g/mol. The molecular formula is C14H23NO3S. The zero-order chi connectivity index (χ0) is 14.5. The van der Waals surface area contributed by atoms with E-state index >= 15 is 0 Å². The van der Waals surface area contributed by atoms with E-state index in [1.165, 1.54) is 0 Å². The van der Waals surface area contributed by atoms with Gasteiger partial charge in [0, 0.05) is 11.8 Å². The summed E-state index contributed by atoms with van der Waals surface area (Å²) in [7, 11) is -2.90. The van der Waals surface area contributed by atoms with Gasteiger partial charge in [0.2, 0.25) is 0 Å². The maximum atomic E-state index is 11.3. The zero-order valence-electron chi connectivity index (χ0n) is 11.8. The standard InChI is InChI=1S/C14H23NO3S/c1-4-19(16,17)9-5-8-18-14-7-6-13(12(3)15)10-11(14)2/h6-7,10,12H,4-5,8-9,15H2,1-3H3/t12-/m1/s1. The highest BCUT2D eigenvalue weighted by molar-refractivity contribution is 7.91. The molecule has 2 N–H and O–H groups in total. The lowest BCUT2D eigenvalue weighted by Crippen LogP contribution is -2.12. The van der Waals surface area contributed by atoms with Crippen LogP contribution in [0.15, 0.2) is 18.2 Å². The van der Waals surface area contributed by atoms with Crippen LogP contribution < -0.4 is 10.5 Å². The molecule has 5 heteroatoms. The molecule has 0 saturated carbocycles. The van der Waals surface area contributed by atoms with Crippen LogP contribution >= 0.6 is 0 Å². The molecule has 1 rings (SSSR count). The number of hydrogen-bond donors (Lipinski definition) is 1. The lowest BCUT2D eigenvalue weighted by atomic mass is 10.1. The largest absolute Gasteiger partial charge is 0.493 e. The molecule has 0 aromatic heterocycles. The summed E-state index contributed by atoms with van der Waals surface area (Å²) in [6.07, 6.45) is 0.519. The number of rotatable bonds is 7. The molecule has 0 aliphatic rings. The highest BCUT2D eigenvalue weighted by atomic mass is 32.2. The number of hydrogen-bond acceptors (Lipinski definition) is 4. The summed E-state index contributed by atoms with van der Waals surface area (Å²) < 4.78 is 28.3. The van der Waals surface area contributed by atoms with Crippen LogP contribution in [-0.2, 0) is 9.84 Å². The first-order chi connectivity index (χ1) is 8.85. The van der Waals surface area contributed by atoms with Crippen molar-refractivity contribution in [1.29, 1.82) is 0 Å². The second kappa shape index (κ2) is 6.91. The Morgan fingerprint density at radius 3 is 2.58 bits per heavy atom. The van der Waals surface area contributed by atoms with E-state index in [4.69, 9.17) is 10.5 Å². The predicted molar refractivity (Wildman–Crippen MR) is 78.2 cm³/mol. The Kier molecular flexibility index (Phi) is 5.82. The minimum absolute atomic E-state index is 0.00227. The van der Waals surface area contributed by atoms with Crippen LogP contribution in [0.3, 0.4) is 0 Å². The number of benzene rings is 1. The van der Waals surface area contributed by atoms with Gasteiger partial charge in [0.25, 0.3) is 0 Å². The molecule has 0 spiro atoms. The highest BCUT2D eigenvalue weighted by Gasteiger charge is 2.08. The number of ether oxygens (including phenoxy) is 1. The van der Waals surface area contributed by atoms with Crippen molar-refractivity contribution in [3.63, 3.8) is 0 Å². The lowest BCUT2D eigenvalue weighted by Gasteiger charge is -2.12. The van der Waals surface area contributed by atoms with Crippen LogP contribution in [0.25, 0.3) is 0 Å². The number of aryl methyl sites for hydroxylation is 1. The van der Waals surface area contributed by atoms with Gasteiger partial charge in [-0.15, -0.1) is 0 Å². The van der Waals surface area contributed by atoms with Gasteiger partial charge in [-0.05, 0) is 37.5 Å². The summed E-state index contributed by atoms with van der Waals surface area (Å²) in [5.74, 6) is 1.16. The summed E-state index contributed by atoms with van der Waals surface area (Å²) in [5, 5.41) is 0. The van der Waals surface area contributed by atoms with Gasteiger partial charge in [0.1, 0.15) is 15.6 Å². The molecule has 0 heterocycles. The van der Waals surface area contributed by atoms with Crippen molar-refractivity contribution >= 4 is 9.84 Å². The van der Waals surface area contributed by atoms with E-state index in [1.54, 1.807) is 6.92 Å². The topological polar surface area (TPSA) is 69.4 Å². The normalized spacial score (nSPS) is 13.3. The maximum absolute atomic E-state index is 11.3. The third kappa shape index (κ3) is 5.20.